The fraction of sp³-hybridized carbons (Fsp3) is 0.375. The molecule has 1 N–H and O–H groups in total. The van der Waals surface area contributed by atoms with Crippen LogP contribution in [-0.4, -0.2) is 48.4 Å². The number of quaternary nitrogens is 1. The Hall–Kier alpha value is -2.90. The van der Waals surface area contributed by atoms with Crippen molar-refractivity contribution in [2.75, 3.05) is 31.4 Å². The maximum atomic E-state index is 13.1. The molecule has 2 amide bonds. The lowest BCUT2D eigenvalue weighted by Crippen LogP contribution is -2.52. The van der Waals surface area contributed by atoms with Gasteiger partial charge in [0.1, 0.15) is 0 Å². The van der Waals surface area contributed by atoms with Crippen LogP contribution in [0, 0.1) is 0 Å². The zero-order valence-corrected chi connectivity index (χ0v) is 19.4. The summed E-state index contributed by atoms with van der Waals surface area (Å²) in [5.41, 5.74) is 0.864. The molecule has 0 spiro atoms. The van der Waals surface area contributed by atoms with Crippen molar-refractivity contribution < 1.29 is 23.7 Å². The van der Waals surface area contributed by atoms with Crippen molar-refractivity contribution in [3.8, 4) is 5.75 Å². The molecule has 0 aliphatic carbocycles. The molecule has 0 radical (unpaired) electrons. The summed E-state index contributed by atoms with van der Waals surface area (Å²) in [6, 6.07) is 11.2. The lowest BCUT2D eigenvalue weighted by Gasteiger charge is -2.33. The van der Waals surface area contributed by atoms with Crippen molar-refractivity contribution in [1.29, 1.82) is 0 Å². The summed E-state index contributed by atoms with van der Waals surface area (Å²) in [5, 5.41) is 4.63. The summed E-state index contributed by atoms with van der Waals surface area (Å²) in [4.78, 5) is 43.3. The highest BCUT2D eigenvalue weighted by molar-refractivity contribution is 6.30. The summed E-state index contributed by atoms with van der Waals surface area (Å²) in [7, 11) is 0. The Morgan fingerprint density at radius 1 is 1.03 bits per heavy atom. The summed E-state index contributed by atoms with van der Waals surface area (Å²) in [6.45, 7) is 8.41. The van der Waals surface area contributed by atoms with E-state index >= 15 is 0 Å². The van der Waals surface area contributed by atoms with Gasteiger partial charge in [0.05, 0.1) is 30.9 Å². The van der Waals surface area contributed by atoms with E-state index in [1.54, 1.807) is 36.4 Å². The highest BCUT2D eigenvalue weighted by Crippen LogP contribution is 2.24. The van der Waals surface area contributed by atoms with Gasteiger partial charge in [-0.2, -0.15) is 0 Å². The molecule has 0 unspecified atom stereocenters. The first kappa shape index (κ1) is 23.8. The molecule has 1 aliphatic heterocycles. The average Bonchev–Trinajstić information content (AvgIpc) is 3.26. The van der Waals surface area contributed by atoms with Gasteiger partial charge in [-0.05, 0) is 56.3 Å². The van der Waals surface area contributed by atoms with Gasteiger partial charge in [-0.1, -0.05) is 11.6 Å². The number of hydroxylamine groups is 1. The van der Waals surface area contributed by atoms with Gasteiger partial charge >= 0.3 is 0 Å². The molecule has 1 aliphatic rings. The van der Waals surface area contributed by atoms with Gasteiger partial charge in [-0.3, -0.25) is 14.4 Å². The second-order valence-corrected chi connectivity index (χ2v) is 8.56. The van der Waals surface area contributed by atoms with E-state index in [-0.39, 0.29) is 23.2 Å². The second kappa shape index (κ2) is 10.1. The normalized spacial score (nSPS) is 14.6. The van der Waals surface area contributed by atoms with E-state index in [1.165, 1.54) is 19.9 Å². The van der Waals surface area contributed by atoms with Crippen LogP contribution in [0.2, 0.25) is 5.02 Å². The van der Waals surface area contributed by atoms with E-state index in [1.807, 2.05) is 0 Å². The summed E-state index contributed by atoms with van der Waals surface area (Å²) < 4.78 is 0.833. The zero-order valence-electron chi connectivity index (χ0n) is 18.7. The zero-order chi connectivity index (χ0) is 23.3. The van der Waals surface area contributed by atoms with Gasteiger partial charge in [0, 0.05) is 30.4 Å². The van der Waals surface area contributed by atoms with Crippen molar-refractivity contribution >= 4 is 34.9 Å². The summed E-state index contributed by atoms with van der Waals surface area (Å²) in [5.74, 6) is -0.538. The molecule has 0 saturated carbocycles. The molecule has 3 rings (SSSR count). The largest absolute Gasteiger partial charge is 0.372 e. The molecule has 2 aromatic carbocycles. The van der Waals surface area contributed by atoms with Crippen molar-refractivity contribution in [3.63, 3.8) is 0 Å². The third-order valence-electron chi connectivity index (χ3n) is 5.92. The molecule has 0 aromatic heterocycles. The molecule has 0 atom stereocenters. The maximum absolute atomic E-state index is 13.1. The van der Waals surface area contributed by atoms with Crippen molar-refractivity contribution in [3.05, 3.63) is 58.6 Å². The van der Waals surface area contributed by atoms with Crippen LogP contribution in [0.1, 0.15) is 54.3 Å². The Bertz CT molecular complexity index is 1000. The number of nitrogens with zero attached hydrogens (tertiary/aromatic N) is 2. The molecular formula is C24H29ClN3O4+. The first-order chi connectivity index (χ1) is 15.2. The predicted molar refractivity (Wildman–Crippen MR) is 124 cm³/mol. The van der Waals surface area contributed by atoms with E-state index in [0.717, 1.165) is 42.0 Å². The minimum absolute atomic E-state index is 0.217. The number of halogens is 1. The van der Waals surface area contributed by atoms with Crippen LogP contribution in [0.15, 0.2) is 42.5 Å². The van der Waals surface area contributed by atoms with E-state index < -0.39 is 0 Å². The fourth-order valence-corrected chi connectivity index (χ4v) is 4.11. The van der Waals surface area contributed by atoms with Crippen LogP contribution in [0.5, 0.6) is 5.75 Å². The number of hydrogen-bond acceptors (Lipinski definition) is 4. The highest BCUT2D eigenvalue weighted by Gasteiger charge is 2.31. The smallest absolute Gasteiger partial charge is 0.256 e. The SMILES string of the molecule is CC[N+]1(CNC(=O)c2cc(N(Oc3ccc(Cl)cc3)C(C)=O)ccc2C(C)=O)CCCC1. The average molecular weight is 459 g/mol. The van der Waals surface area contributed by atoms with Crippen molar-refractivity contribution in [2.24, 2.45) is 0 Å². The predicted octanol–water partition coefficient (Wildman–Crippen LogP) is 4.21. The summed E-state index contributed by atoms with van der Waals surface area (Å²) >= 11 is 5.91. The molecule has 0 bridgehead atoms. The third kappa shape index (κ3) is 5.47. The van der Waals surface area contributed by atoms with Crippen LogP contribution in [0.3, 0.4) is 0 Å². The number of anilines is 1. The minimum atomic E-state index is -0.380. The Balaban J connectivity index is 1.87. The van der Waals surface area contributed by atoms with E-state index in [4.69, 9.17) is 16.4 Å². The fourth-order valence-electron chi connectivity index (χ4n) is 3.98. The second-order valence-electron chi connectivity index (χ2n) is 8.12. The molecule has 1 saturated heterocycles. The van der Waals surface area contributed by atoms with Gasteiger partial charge < -0.3 is 14.6 Å². The third-order valence-corrected chi connectivity index (χ3v) is 6.17. The number of ketones is 1. The number of likely N-dealkylation sites (tertiary alicyclic amines) is 1. The number of Topliss-reactive ketones (excluding diaryl/α,β-unsaturated/α-hetero) is 1. The highest BCUT2D eigenvalue weighted by atomic mass is 35.5. The van der Waals surface area contributed by atoms with Crippen LogP contribution < -0.4 is 15.2 Å². The standard InChI is InChI=1S/C24H28ClN3O4/c1-4-28(13-5-6-14-28)16-26-24(31)23-15-20(9-12-22(23)17(2)29)27(18(3)30)32-21-10-7-19(25)8-11-21/h7-12,15H,4-6,13-14,16H2,1-3H3/p+1. The van der Waals surface area contributed by atoms with Crippen molar-refractivity contribution in [1.82, 2.24) is 5.32 Å². The monoisotopic (exact) mass is 458 g/mol. The Kier molecular flexibility index (Phi) is 7.53. The van der Waals surface area contributed by atoms with E-state index in [2.05, 4.69) is 12.2 Å². The van der Waals surface area contributed by atoms with Crippen LogP contribution >= 0.6 is 11.6 Å². The van der Waals surface area contributed by atoms with Crippen molar-refractivity contribution in [2.45, 2.75) is 33.6 Å². The number of carbonyl (C=O) groups excluding carboxylic acids is 3. The van der Waals surface area contributed by atoms with Gasteiger partial charge in [0.15, 0.2) is 18.2 Å². The molecule has 170 valence electrons. The van der Waals surface area contributed by atoms with E-state index in [9.17, 15) is 14.4 Å². The first-order valence-corrected chi connectivity index (χ1v) is 11.1. The number of benzene rings is 2. The Morgan fingerprint density at radius 3 is 2.25 bits per heavy atom. The topological polar surface area (TPSA) is 75.7 Å². The lowest BCUT2D eigenvalue weighted by molar-refractivity contribution is -0.916. The first-order valence-electron chi connectivity index (χ1n) is 10.8. The van der Waals surface area contributed by atoms with E-state index in [0.29, 0.717) is 28.7 Å². The summed E-state index contributed by atoms with van der Waals surface area (Å²) in [6.07, 6.45) is 2.29. The molecule has 1 fully saturated rings. The van der Waals surface area contributed by atoms with Gasteiger partial charge in [0.25, 0.3) is 11.8 Å². The number of hydrogen-bond donors (Lipinski definition) is 1. The molecule has 8 heteroatoms. The van der Waals surface area contributed by atoms with Gasteiger partial charge in [0.2, 0.25) is 0 Å². The lowest BCUT2D eigenvalue weighted by atomic mass is 10.0. The number of rotatable bonds is 8. The number of nitrogens with one attached hydrogen (secondary N) is 1. The van der Waals surface area contributed by atoms with Gasteiger partial charge in [-0.25, -0.2) is 0 Å². The molecule has 2 aromatic rings. The maximum Gasteiger partial charge on any atom is 0.256 e. The number of amides is 2. The van der Waals surface area contributed by atoms with Crippen LogP contribution in [-0.2, 0) is 4.79 Å². The molecule has 32 heavy (non-hydrogen) atoms. The van der Waals surface area contributed by atoms with Crippen LogP contribution in [0.4, 0.5) is 5.69 Å². The Labute approximate surface area is 193 Å². The van der Waals surface area contributed by atoms with Gasteiger partial charge in [-0.15, -0.1) is 5.06 Å². The number of carbonyl (C=O) groups is 3. The molecule has 7 nitrogen and oxygen atoms in total. The molecular weight excluding hydrogens is 430 g/mol. The minimum Gasteiger partial charge on any atom is -0.372 e. The molecule has 1 heterocycles. The Morgan fingerprint density at radius 2 is 1.69 bits per heavy atom. The quantitative estimate of drug-likeness (QED) is 0.365. The van der Waals surface area contributed by atoms with Crippen LogP contribution in [0.25, 0.3) is 0 Å².